The zero-order valence-electron chi connectivity index (χ0n) is 16.1. The van der Waals surface area contributed by atoms with Gasteiger partial charge in [-0.05, 0) is 80.0 Å². The van der Waals surface area contributed by atoms with Gasteiger partial charge in [0.15, 0.2) is 0 Å². The summed E-state index contributed by atoms with van der Waals surface area (Å²) in [6.07, 6.45) is 11.6. The van der Waals surface area contributed by atoms with Gasteiger partial charge < -0.3 is 10.2 Å². The van der Waals surface area contributed by atoms with Crippen LogP contribution < -0.4 is 5.56 Å². The molecule has 3 N–H and O–H groups in total. The highest BCUT2D eigenvalue weighted by Crippen LogP contribution is 2.67. The summed E-state index contributed by atoms with van der Waals surface area (Å²) in [7, 11) is 0. The second kappa shape index (κ2) is 5.60. The van der Waals surface area contributed by atoms with Crippen LogP contribution in [0.1, 0.15) is 76.8 Å². The van der Waals surface area contributed by atoms with Crippen molar-refractivity contribution in [2.45, 2.75) is 77.2 Å². The lowest BCUT2D eigenvalue weighted by atomic mass is 9.47. The average Bonchev–Trinajstić information content (AvgIpc) is 3.18. The first-order valence-electron chi connectivity index (χ1n) is 10.6. The van der Waals surface area contributed by atoms with Crippen LogP contribution in [-0.2, 0) is 0 Å². The molecular formula is C22H32N2O2. The lowest BCUT2D eigenvalue weighted by Gasteiger charge is -2.58. The van der Waals surface area contributed by atoms with Crippen molar-refractivity contribution in [1.29, 1.82) is 0 Å². The van der Waals surface area contributed by atoms with Gasteiger partial charge >= 0.3 is 0 Å². The molecule has 7 atom stereocenters. The molecule has 1 aromatic rings. The van der Waals surface area contributed by atoms with E-state index in [-0.39, 0.29) is 11.7 Å². The molecule has 0 aliphatic heterocycles. The summed E-state index contributed by atoms with van der Waals surface area (Å²) in [6.45, 7) is 4.98. The van der Waals surface area contributed by atoms with Crippen molar-refractivity contribution in [2.24, 2.45) is 28.6 Å². The lowest BCUT2D eigenvalue weighted by molar-refractivity contribution is -0.0412. The molecule has 4 aliphatic rings. The van der Waals surface area contributed by atoms with Crippen LogP contribution in [0, 0.1) is 28.6 Å². The van der Waals surface area contributed by atoms with Crippen molar-refractivity contribution in [3.8, 4) is 0 Å². The Labute approximate surface area is 155 Å². The minimum Gasteiger partial charge on any atom is -0.393 e. The van der Waals surface area contributed by atoms with E-state index in [1.807, 2.05) is 0 Å². The number of aliphatic hydroxyl groups is 1. The molecule has 142 valence electrons. The topological polar surface area (TPSA) is 68.9 Å². The summed E-state index contributed by atoms with van der Waals surface area (Å²) < 4.78 is 0. The summed E-state index contributed by atoms with van der Waals surface area (Å²) in [5.74, 6) is 2.79. The number of aromatic amines is 2. The largest absolute Gasteiger partial charge is 0.393 e. The quantitative estimate of drug-likeness (QED) is 0.663. The van der Waals surface area contributed by atoms with Gasteiger partial charge in [0.25, 0.3) is 5.56 Å². The molecule has 4 nitrogen and oxygen atoms in total. The van der Waals surface area contributed by atoms with Crippen molar-refractivity contribution in [1.82, 2.24) is 10.2 Å². The van der Waals surface area contributed by atoms with E-state index < -0.39 is 0 Å². The third-order valence-corrected chi connectivity index (χ3v) is 9.07. The molecule has 5 rings (SSSR count). The maximum Gasteiger partial charge on any atom is 0.264 e. The van der Waals surface area contributed by atoms with Gasteiger partial charge in [0.1, 0.15) is 0 Å². The van der Waals surface area contributed by atoms with Gasteiger partial charge in [0.05, 0.1) is 6.10 Å². The van der Waals surface area contributed by atoms with E-state index in [1.54, 1.807) is 11.6 Å². The van der Waals surface area contributed by atoms with E-state index >= 15 is 0 Å². The van der Waals surface area contributed by atoms with E-state index in [1.165, 1.54) is 32.1 Å². The Bertz CT molecular complexity index is 792. The minimum absolute atomic E-state index is 0.000693. The second-order valence-corrected chi connectivity index (χ2v) is 10.0. The highest BCUT2D eigenvalue weighted by molar-refractivity contribution is 5.27. The first-order chi connectivity index (χ1) is 12.4. The van der Waals surface area contributed by atoms with Gasteiger partial charge in [0.2, 0.25) is 0 Å². The summed E-state index contributed by atoms with van der Waals surface area (Å²) in [5, 5.41) is 16.0. The predicted octanol–water partition coefficient (Wildman–Crippen LogP) is 4.11. The molecule has 3 fully saturated rings. The van der Waals surface area contributed by atoms with Crippen molar-refractivity contribution >= 4 is 0 Å². The van der Waals surface area contributed by atoms with Crippen molar-refractivity contribution < 1.29 is 5.11 Å². The van der Waals surface area contributed by atoms with Gasteiger partial charge in [-0.15, -0.1) is 0 Å². The Kier molecular flexibility index (Phi) is 3.63. The molecule has 0 radical (unpaired) electrons. The molecule has 4 aliphatic carbocycles. The summed E-state index contributed by atoms with van der Waals surface area (Å²) >= 11 is 0. The number of nitrogens with one attached hydrogen (secondary N) is 2. The lowest BCUT2D eigenvalue weighted by Crippen LogP contribution is -2.50. The molecule has 1 heterocycles. The van der Waals surface area contributed by atoms with Crippen LogP contribution in [-0.4, -0.2) is 21.4 Å². The van der Waals surface area contributed by atoms with Crippen LogP contribution in [0.2, 0.25) is 0 Å². The predicted molar refractivity (Wildman–Crippen MR) is 102 cm³/mol. The van der Waals surface area contributed by atoms with Crippen molar-refractivity contribution in [3.05, 3.63) is 33.8 Å². The monoisotopic (exact) mass is 356 g/mol. The zero-order chi connectivity index (χ0) is 18.1. The Morgan fingerprint density at radius 2 is 1.92 bits per heavy atom. The van der Waals surface area contributed by atoms with Crippen LogP contribution in [0.15, 0.2) is 22.5 Å². The highest BCUT2D eigenvalue weighted by Gasteiger charge is 2.58. The molecule has 26 heavy (non-hydrogen) atoms. The fraction of sp³-hybridized carbons (Fsp3) is 0.773. The maximum atomic E-state index is 11.7. The van der Waals surface area contributed by atoms with E-state index in [0.717, 1.165) is 42.7 Å². The first-order valence-corrected chi connectivity index (χ1v) is 10.6. The van der Waals surface area contributed by atoms with Crippen LogP contribution in [0.4, 0.5) is 0 Å². The SMILES string of the molecule is C[C@]12CCC(O)CC1=CC[C@@H]1[C@@H]2CC[C@]2(C)C(c3cc(=O)[nH][nH]3)CC[C@@H]12. The summed E-state index contributed by atoms with van der Waals surface area (Å²) in [5.41, 5.74) is 3.29. The Hall–Kier alpha value is -1.29. The number of fused-ring (bicyclic) bond motifs is 5. The molecule has 4 heteroatoms. The van der Waals surface area contributed by atoms with Gasteiger partial charge in [-0.2, -0.15) is 0 Å². The van der Waals surface area contributed by atoms with E-state index in [0.29, 0.717) is 16.7 Å². The zero-order valence-corrected chi connectivity index (χ0v) is 16.1. The Balaban J connectivity index is 1.47. The first kappa shape index (κ1) is 16.9. The number of aliphatic hydroxyl groups excluding tert-OH is 1. The van der Waals surface area contributed by atoms with Gasteiger partial charge in [-0.1, -0.05) is 25.5 Å². The van der Waals surface area contributed by atoms with Crippen LogP contribution >= 0.6 is 0 Å². The maximum absolute atomic E-state index is 11.7. The third-order valence-electron chi connectivity index (χ3n) is 9.07. The second-order valence-electron chi connectivity index (χ2n) is 10.0. The van der Waals surface area contributed by atoms with Gasteiger partial charge in [0, 0.05) is 17.7 Å². The number of hydrogen-bond acceptors (Lipinski definition) is 2. The molecule has 0 saturated heterocycles. The van der Waals surface area contributed by atoms with E-state index in [9.17, 15) is 9.90 Å². The van der Waals surface area contributed by atoms with E-state index in [2.05, 4.69) is 30.1 Å². The molecular weight excluding hydrogens is 324 g/mol. The van der Waals surface area contributed by atoms with Gasteiger partial charge in [-0.3, -0.25) is 9.89 Å². The van der Waals surface area contributed by atoms with E-state index in [4.69, 9.17) is 0 Å². The number of aromatic nitrogens is 2. The fourth-order valence-corrected chi connectivity index (χ4v) is 7.69. The molecule has 0 amide bonds. The number of allylic oxidation sites excluding steroid dienone is 1. The van der Waals surface area contributed by atoms with Crippen LogP contribution in [0.5, 0.6) is 0 Å². The highest BCUT2D eigenvalue weighted by atomic mass is 16.3. The number of H-pyrrole nitrogens is 2. The van der Waals surface area contributed by atoms with Crippen molar-refractivity contribution in [3.63, 3.8) is 0 Å². The van der Waals surface area contributed by atoms with Crippen LogP contribution in [0.3, 0.4) is 0 Å². The minimum atomic E-state index is -0.124. The molecule has 1 aromatic heterocycles. The van der Waals surface area contributed by atoms with Gasteiger partial charge in [-0.25, -0.2) is 0 Å². The average molecular weight is 357 g/mol. The molecule has 3 saturated carbocycles. The Morgan fingerprint density at radius 1 is 1.08 bits per heavy atom. The molecule has 0 spiro atoms. The standard InChI is InChI=1S/C22H32N2O2/c1-21-9-7-14(25)11-13(21)3-4-15-16-5-6-18(19-12-20(26)24-23-19)22(16,2)10-8-17(15)21/h3,12,14-18,25H,4-11H2,1-2H3,(H2,23,24,26)/t14?,15-,16-,17-,18?,21-,22-/m0/s1. The summed E-state index contributed by atoms with van der Waals surface area (Å²) in [4.78, 5) is 11.7. The smallest absolute Gasteiger partial charge is 0.264 e. The normalized spacial score (nSPS) is 47.7. The number of rotatable bonds is 1. The number of hydrogen-bond donors (Lipinski definition) is 3. The Morgan fingerprint density at radius 3 is 2.69 bits per heavy atom. The molecule has 0 bridgehead atoms. The van der Waals surface area contributed by atoms with Crippen molar-refractivity contribution in [2.75, 3.05) is 0 Å². The third kappa shape index (κ3) is 2.20. The fourth-order valence-electron chi connectivity index (χ4n) is 7.69. The molecule has 0 aromatic carbocycles. The summed E-state index contributed by atoms with van der Waals surface area (Å²) in [6, 6.07) is 1.78. The van der Waals surface area contributed by atoms with Crippen LogP contribution in [0.25, 0.3) is 0 Å². The molecule has 2 unspecified atom stereocenters.